The van der Waals surface area contributed by atoms with Crippen molar-refractivity contribution >= 4 is 28.3 Å². The summed E-state index contributed by atoms with van der Waals surface area (Å²) >= 11 is 0. The third kappa shape index (κ3) is 4.85. The van der Waals surface area contributed by atoms with Crippen molar-refractivity contribution in [1.82, 2.24) is 14.9 Å². The number of anilines is 2. The predicted molar refractivity (Wildman–Crippen MR) is 134 cm³/mol. The van der Waals surface area contributed by atoms with Gasteiger partial charge in [-0.1, -0.05) is 36.4 Å². The SMILES string of the molecule is Cc1ccccc1N1CCN(C(=O)Cc2ccc(NCc3ccc4nc[nH]c4c3)cc2)CC1. The van der Waals surface area contributed by atoms with Crippen molar-refractivity contribution in [3.63, 3.8) is 0 Å². The van der Waals surface area contributed by atoms with Crippen LogP contribution in [0.1, 0.15) is 16.7 Å². The summed E-state index contributed by atoms with van der Waals surface area (Å²) in [6, 6.07) is 22.9. The average molecular weight is 440 g/mol. The number of H-pyrrole nitrogens is 1. The third-order valence-corrected chi connectivity index (χ3v) is 6.38. The van der Waals surface area contributed by atoms with Gasteiger partial charge < -0.3 is 20.1 Å². The predicted octanol–water partition coefficient (Wildman–Crippen LogP) is 4.37. The number of fused-ring (bicyclic) bond motifs is 1. The highest BCUT2D eigenvalue weighted by molar-refractivity contribution is 5.79. The normalized spacial score (nSPS) is 14.0. The molecule has 6 nitrogen and oxygen atoms in total. The Morgan fingerprint density at radius 1 is 0.970 bits per heavy atom. The first-order valence-corrected chi connectivity index (χ1v) is 11.5. The van der Waals surface area contributed by atoms with Crippen LogP contribution in [0.2, 0.25) is 0 Å². The zero-order valence-corrected chi connectivity index (χ0v) is 18.9. The van der Waals surface area contributed by atoms with Gasteiger partial charge in [-0.15, -0.1) is 0 Å². The lowest BCUT2D eigenvalue weighted by molar-refractivity contribution is -0.130. The molecular formula is C27H29N5O. The van der Waals surface area contributed by atoms with Crippen LogP contribution in [-0.2, 0) is 17.8 Å². The number of piperazine rings is 1. The van der Waals surface area contributed by atoms with Gasteiger partial charge in [0.05, 0.1) is 23.8 Å². The fraction of sp³-hybridized carbons (Fsp3) is 0.259. The summed E-state index contributed by atoms with van der Waals surface area (Å²) < 4.78 is 0. The van der Waals surface area contributed by atoms with Crippen molar-refractivity contribution in [2.45, 2.75) is 19.9 Å². The van der Waals surface area contributed by atoms with Crippen LogP contribution in [0.3, 0.4) is 0 Å². The number of carbonyl (C=O) groups is 1. The van der Waals surface area contributed by atoms with Gasteiger partial charge in [0.1, 0.15) is 0 Å². The first-order chi connectivity index (χ1) is 16.2. The molecule has 1 aromatic heterocycles. The molecule has 2 heterocycles. The van der Waals surface area contributed by atoms with E-state index in [0.717, 1.165) is 55.0 Å². The molecule has 0 spiro atoms. The zero-order valence-electron chi connectivity index (χ0n) is 18.9. The van der Waals surface area contributed by atoms with E-state index in [1.807, 2.05) is 35.2 Å². The summed E-state index contributed by atoms with van der Waals surface area (Å²) in [6.07, 6.45) is 2.16. The lowest BCUT2D eigenvalue weighted by Crippen LogP contribution is -2.49. The highest BCUT2D eigenvalue weighted by atomic mass is 16.2. The van der Waals surface area contributed by atoms with Crippen molar-refractivity contribution in [1.29, 1.82) is 0 Å². The van der Waals surface area contributed by atoms with Gasteiger partial charge in [-0.3, -0.25) is 4.79 Å². The molecular weight excluding hydrogens is 410 g/mol. The molecule has 1 aliphatic heterocycles. The molecule has 1 amide bonds. The lowest BCUT2D eigenvalue weighted by atomic mass is 10.1. The first kappa shape index (κ1) is 21.1. The van der Waals surface area contributed by atoms with E-state index in [4.69, 9.17) is 0 Å². The molecule has 0 aliphatic carbocycles. The number of nitrogens with zero attached hydrogens (tertiary/aromatic N) is 3. The molecule has 3 aromatic carbocycles. The number of rotatable bonds is 6. The van der Waals surface area contributed by atoms with Crippen LogP contribution < -0.4 is 10.2 Å². The Hall–Kier alpha value is -3.80. The Morgan fingerprint density at radius 2 is 1.73 bits per heavy atom. The van der Waals surface area contributed by atoms with Gasteiger partial charge in [-0.25, -0.2) is 4.98 Å². The van der Waals surface area contributed by atoms with Gasteiger partial charge in [0.25, 0.3) is 0 Å². The number of nitrogens with one attached hydrogen (secondary N) is 2. The number of hydrogen-bond acceptors (Lipinski definition) is 4. The average Bonchev–Trinajstić information content (AvgIpc) is 3.32. The molecule has 0 radical (unpaired) electrons. The van der Waals surface area contributed by atoms with Crippen LogP contribution in [0.5, 0.6) is 0 Å². The number of carbonyl (C=O) groups excluding carboxylic acids is 1. The zero-order chi connectivity index (χ0) is 22.6. The van der Waals surface area contributed by atoms with Gasteiger partial charge in [0, 0.05) is 44.1 Å². The van der Waals surface area contributed by atoms with Gasteiger partial charge >= 0.3 is 0 Å². The highest BCUT2D eigenvalue weighted by Crippen LogP contribution is 2.21. The van der Waals surface area contributed by atoms with E-state index in [1.54, 1.807) is 6.33 Å². The summed E-state index contributed by atoms with van der Waals surface area (Å²) in [5.74, 6) is 0.202. The Labute approximate surface area is 194 Å². The number of hydrogen-bond donors (Lipinski definition) is 2. The molecule has 168 valence electrons. The van der Waals surface area contributed by atoms with Crippen LogP contribution in [0.4, 0.5) is 11.4 Å². The van der Waals surface area contributed by atoms with Gasteiger partial charge in [0.2, 0.25) is 5.91 Å². The number of para-hydroxylation sites is 1. The first-order valence-electron chi connectivity index (χ1n) is 11.5. The van der Waals surface area contributed by atoms with Crippen molar-refractivity contribution < 1.29 is 4.79 Å². The minimum absolute atomic E-state index is 0.202. The molecule has 0 saturated carbocycles. The lowest BCUT2D eigenvalue weighted by Gasteiger charge is -2.37. The minimum Gasteiger partial charge on any atom is -0.381 e. The van der Waals surface area contributed by atoms with E-state index in [2.05, 4.69) is 63.5 Å². The van der Waals surface area contributed by atoms with Gasteiger partial charge in [-0.2, -0.15) is 0 Å². The number of amides is 1. The van der Waals surface area contributed by atoms with Crippen molar-refractivity contribution in [3.8, 4) is 0 Å². The van der Waals surface area contributed by atoms with E-state index in [9.17, 15) is 4.79 Å². The number of benzene rings is 3. The number of aromatic amines is 1. The molecule has 33 heavy (non-hydrogen) atoms. The van der Waals surface area contributed by atoms with E-state index in [1.165, 1.54) is 16.8 Å². The Morgan fingerprint density at radius 3 is 2.52 bits per heavy atom. The molecule has 0 bridgehead atoms. The molecule has 6 heteroatoms. The fourth-order valence-corrected chi connectivity index (χ4v) is 4.44. The molecule has 1 aliphatic rings. The standard InChI is InChI=1S/C27H29N5O/c1-20-4-2-3-5-26(20)31-12-14-32(15-13-31)27(33)17-21-6-9-23(10-7-21)28-18-22-8-11-24-25(16-22)30-19-29-24/h2-11,16,19,28H,12-15,17-18H2,1H3,(H,29,30). The Kier molecular flexibility index (Phi) is 5.98. The minimum atomic E-state index is 0.202. The molecule has 4 aromatic rings. The maximum atomic E-state index is 12.8. The molecule has 0 atom stereocenters. The van der Waals surface area contributed by atoms with Crippen LogP contribution in [0.15, 0.2) is 73.1 Å². The topological polar surface area (TPSA) is 64.3 Å². The number of aryl methyl sites for hydroxylation is 1. The van der Waals surface area contributed by atoms with Crippen LogP contribution in [-0.4, -0.2) is 47.0 Å². The summed E-state index contributed by atoms with van der Waals surface area (Å²) in [7, 11) is 0. The quantitative estimate of drug-likeness (QED) is 0.468. The largest absolute Gasteiger partial charge is 0.381 e. The smallest absolute Gasteiger partial charge is 0.227 e. The van der Waals surface area contributed by atoms with Crippen LogP contribution in [0.25, 0.3) is 11.0 Å². The summed E-state index contributed by atoms with van der Waals surface area (Å²) in [6.45, 7) is 6.18. The van der Waals surface area contributed by atoms with Crippen LogP contribution in [0, 0.1) is 6.92 Å². The highest BCUT2D eigenvalue weighted by Gasteiger charge is 2.22. The molecule has 0 unspecified atom stereocenters. The number of imidazole rings is 1. The van der Waals surface area contributed by atoms with E-state index >= 15 is 0 Å². The molecule has 1 fully saturated rings. The van der Waals surface area contributed by atoms with Gasteiger partial charge in [-0.05, 0) is 53.9 Å². The van der Waals surface area contributed by atoms with E-state index in [-0.39, 0.29) is 5.91 Å². The maximum Gasteiger partial charge on any atom is 0.227 e. The van der Waals surface area contributed by atoms with Crippen LogP contribution >= 0.6 is 0 Å². The second kappa shape index (κ2) is 9.36. The monoisotopic (exact) mass is 439 g/mol. The second-order valence-corrected chi connectivity index (χ2v) is 8.64. The summed E-state index contributed by atoms with van der Waals surface area (Å²) in [5, 5.41) is 3.45. The molecule has 2 N–H and O–H groups in total. The van der Waals surface area contributed by atoms with Crippen molar-refractivity contribution in [2.24, 2.45) is 0 Å². The van der Waals surface area contributed by atoms with E-state index < -0.39 is 0 Å². The van der Waals surface area contributed by atoms with E-state index in [0.29, 0.717) is 6.42 Å². The fourth-order valence-electron chi connectivity index (χ4n) is 4.44. The maximum absolute atomic E-state index is 12.8. The summed E-state index contributed by atoms with van der Waals surface area (Å²) in [4.78, 5) is 24.6. The van der Waals surface area contributed by atoms with Crippen molar-refractivity contribution in [2.75, 3.05) is 36.4 Å². The summed E-state index contributed by atoms with van der Waals surface area (Å²) in [5.41, 5.74) is 7.86. The second-order valence-electron chi connectivity index (χ2n) is 8.64. The number of aromatic nitrogens is 2. The van der Waals surface area contributed by atoms with Crippen molar-refractivity contribution in [3.05, 3.63) is 89.7 Å². The Bertz CT molecular complexity index is 1240. The molecule has 1 saturated heterocycles. The third-order valence-electron chi connectivity index (χ3n) is 6.38. The Balaban J connectivity index is 1.12. The van der Waals surface area contributed by atoms with Gasteiger partial charge in [0.15, 0.2) is 0 Å². The molecule has 5 rings (SSSR count).